The summed E-state index contributed by atoms with van der Waals surface area (Å²) in [7, 11) is 1.50. The summed E-state index contributed by atoms with van der Waals surface area (Å²) in [5.74, 6) is 0.00675. The fourth-order valence-corrected chi connectivity index (χ4v) is 2.86. The molecule has 0 spiro atoms. The van der Waals surface area contributed by atoms with E-state index in [2.05, 4.69) is 21.2 Å². The standard InChI is InChI=1S/C16H16BrNO3/c1-9-6-10(2)15(13(17)7-9)18-16(20)12-5-4-11(21-3)8-14(12)19/h4-8,19H,1-3H3,(H,18,20). The van der Waals surface area contributed by atoms with Gasteiger partial charge in [0.2, 0.25) is 0 Å². The topological polar surface area (TPSA) is 58.6 Å². The predicted octanol–water partition coefficient (Wildman–Crippen LogP) is 4.03. The van der Waals surface area contributed by atoms with Crippen molar-refractivity contribution in [3.8, 4) is 11.5 Å². The zero-order valence-corrected chi connectivity index (χ0v) is 13.6. The molecule has 5 heteroatoms. The lowest BCUT2D eigenvalue weighted by Gasteiger charge is -2.13. The molecule has 21 heavy (non-hydrogen) atoms. The maximum absolute atomic E-state index is 12.3. The van der Waals surface area contributed by atoms with E-state index in [4.69, 9.17) is 4.74 Å². The number of carbonyl (C=O) groups excluding carboxylic acids is 1. The van der Waals surface area contributed by atoms with Crippen molar-refractivity contribution in [2.75, 3.05) is 12.4 Å². The smallest absolute Gasteiger partial charge is 0.259 e. The first-order valence-electron chi connectivity index (χ1n) is 6.37. The first-order valence-corrected chi connectivity index (χ1v) is 7.16. The Hall–Kier alpha value is -2.01. The molecule has 110 valence electrons. The summed E-state index contributed by atoms with van der Waals surface area (Å²) in [6.45, 7) is 3.90. The van der Waals surface area contributed by atoms with Crippen LogP contribution in [-0.4, -0.2) is 18.1 Å². The zero-order valence-electron chi connectivity index (χ0n) is 12.0. The van der Waals surface area contributed by atoms with Gasteiger partial charge in [0, 0.05) is 10.5 Å². The van der Waals surface area contributed by atoms with Crippen molar-refractivity contribution in [2.24, 2.45) is 0 Å². The predicted molar refractivity (Wildman–Crippen MR) is 86.2 cm³/mol. The van der Waals surface area contributed by atoms with Crippen LogP contribution in [0.5, 0.6) is 11.5 Å². The number of phenolic OH excluding ortho intramolecular Hbond substituents is 1. The highest BCUT2D eigenvalue weighted by Gasteiger charge is 2.15. The highest BCUT2D eigenvalue weighted by molar-refractivity contribution is 9.10. The normalized spacial score (nSPS) is 10.3. The molecule has 4 nitrogen and oxygen atoms in total. The lowest BCUT2D eigenvalue weighted by atomic mass is 10.1. The van der Waals surface area contributed by atoms with E-state index in [-0.39, 0.29) is 17.2 Å². The lowest BCUT2D eigenvalue weighted by Crippen LogP contribution is -2.13. The number of hydrogen-bond acceptors (Lipinski definition) is 3. The van der Waals surface area contributed by atoms with E-state index in [1.807, 2.05) is 26.0 Å². The Morgan fingerprint density at radius 1 is 1.24 bits per heavy atom. The summed E-state index contributed by atoms with van der Waals surface area (Å²) in [6.07, 6.45) is 0. The Kier molecular flexibility index (Phi) is 4.53. The van der Waals surface area contributed by atoms with Gasteiger partial charge in [-0.2, -0.15) is 0 Å². The van der Waals surface area contributed by atoms with E-state index in [1.165, 1.54) is 19.2 Å². The van der Waals surface area contributed by atoms with E-state index < -0.39 is 0 Å². The number of carbonyl (C=O) groups is 1. The van der Waals surface area contributed by atoms with Crippen molar-refractivity contribution in [1.82, 2.24) is 0 Å². The van der Waals surface area contributed by atoms with Gasteiger partial charge in [-0.05, 0) is 59.1 Å². The van der Waals surface area contributed by atoms with Crippen molar-refractivity contribution in [3.63, 3.8) is 0 Å². The van der Waals surface area contributed by atoms with E-state index in [0.717, 1.165) is 15.6 Å². The van der Waals surface area contributed by atoms with Crippen LogP contribution in [0.2, 0.25) is 0 Å². The summed E-state index contributed by atoms with van der Waals surface area (Å²) >= 11 is 3.44. The van der Waals surface area contributed by atoms with Crippen LogP contribution in [0.3, 0.4) is 0 Å². The largest absolute Gasteiger partial charge is 0.507 e. The Morgan fingerprint density at radius 3 is 2.52 bits per heavy atom. The van der Waals surface area contributed by atoms with Crippen LogP contribution in [0.1, 0.15) is 21.5 Å². The third kappa shape index (κ3) is 3.36. The number of rotatable bonds is 3. The molecule has 2 aromatic carbocycles. The van der Waals surface area contributed by atoms with E-state index in [0.29, 0.717) is 11.4 Å². The number of anilines is 1. The Bertz CT molecular complexity index is 675. The molecule has 0 aliphatic carbocycles. The minimum atomic E-state index is -0.372. The number of halogens is 1. The fourth-order valence-electron chi connectivity index (χ4n) is 2.09. The second-order valence-electron chi connectivity index (χ2n) is 4.78. The monoisotopic (exact) mass is 349 g/mol. The molecule has 0 heterocycles. The van der Waals surface area contributed by atoms with Crippen LogP contribution in [0.25, 0.3) is 0 Å². The maximum Gasteiger partial charge on any atom is 0.259 e. The SMILES string of the molecule is COc1ccc(C(=O)Nc2c(C)cc(C)cc2Br)c(O)c1. The maximum atomic E-state index is 12.3. The number of hydrogen-bond donors (Lipinski definition) is 2. The fraction of sp³-hybridized carbons (Fsp3) is 0.188. The van der Waals surface area contributed by atoms with Crippen molar-refractivity contribution >= 4 is 27.5 Å². The van der Waals surface area contributed by atoms with Crippen LogP contribution in [0, 0.1) is 13.8 Å². The van der Waals surface area contributed by atoms with E-state index in [1.54, 1.807) is 6.07 Å². The van der Waals surface area contributed by atoms with Gasteiger partial charge in [0.15, 0.2) is 0 Å². The van der Waals surface area contributed by atoms with Gasteiger partial charge in [0.25, 0.3) is 5.91 Å². The third-order valence-corrected chi connectivity index (χ3v) is 3.75. The van der Waals surface area contributed by atoms with Crippen LogP contribution < -0.4 is 10.1 Å². The summed E-state index contributed by atoms with van der Waals surface area (Å²) in [5, 5.41) is 12.7. The summed E-state index contributed by atoms with van der Waals surface area (Å²) in [5.41, 5.74) is 2.94. The van der Waals surface area contributed by atoms with Gasteiger partial charge in [0.1, 0.15) is 11.5 Å². The number of methoxy groups -OCH3 is 1. The lowest BCUT2D eigenvalue weighted by molar-refractivity contribution is 0.102. The molecule has 0 saturated carbocycles. The Morgan fingerprint density at radius 2 is 1.95 bits per heavy atom. The number of aryl methyl sites for hydroxylation is 2. The zero-order chi connectivity index (χ0) is 15.6. The van der Waals surface area contributed by atoms with Gasteiger partial charge in [-0.25, -0.2) is 0 Å². The molecule has 0 aromatic heterocycles. The molecule has 0 bridgehead atoms. The first kappa shape index (κ1) is 15.4. The highest BCUT2D eigenvalue weighted by Crippen LogP contribution is 2.30. The van der Waals surface area contributed by atoms with Crippen molar-refractivity contribution in [2.45, 2.75) is 13.8 Å². The Balaban J connectivity index is 2.30. The van der Waals surface area contributed by atoms with Gasteiger partial charge < -0.3 is 15.2 Å². The minimum Gasteiger partial charge on any atom is -0.507 e. The molecule has 2 rings (SSSR count). The number of nitrogens with one attached hydrogen (secondary N) is 1. The second kappa shape index (κ2) is 6.18. The van der Waals surface area contributed by atoms with Gasteiger partial charge in [-0.15, -0.1) is 0 Å². The molecule has 0 fully saturated rings. The minimum absolute atomic E-state index is 0.118. The molecule has 0 aliphatic heterocycles. The number of benzene rings is 2. The van der Waals surface area contributed by atoms with Gasteiger partial charge >= 0.3 is 0 Å². The van der Waals surface area contributed by atoms with Gasteiger partial charge in [-0.3, -0.25) is 4.79 Å². The number of amides is 1. The summed E-state index contributed by atoms with van der Waals surface area (Å²) in [4.78, 5) is 12.3. The summed E-state index contributed by atoms with van der Waals surface area (Å²) < 4.78 is 5.81. The van der Waals surface area contributed by atoms with E-state index >= 15 is 0 Å². The molecule has 1 amide bonds. The average molecular weight is 350 g/mol. The van der Waals surface area contributed by atoms with Crippen LogP contribution in [-0.2, 0) is 0 Å². The highest BCUT2D eigenvalue weighted by atomic mass is 79.9. The van der Waals surface area contributed by atoms with E-state index in [9.17, 15) is 9.90 Å². The molecular formula is C16H16BrNO3. The van der Waals surface area contributed by atoms with Gasteiger partial charge in [0.05, 0.1) is 18.4 Å². The molecule has 2 aromatic rings. The molecule has 0 atom stereocenters. The molecule has 0 radical (unpaired) electrons. The molecular weight excluding hydrogens is 334 g/mol. The molecule has 0 aliphatic rings. The average Bonchev–Trinajstić information content (AvgIpc) is 2.42. The number of phenols is 1. The Labute approximate surface area is 131 Å². The van der Waals surface area contributed by atoms with Crippen molar-refractivity contribution < 1.29 is 14.6 Å². The van der Waals surface area contributed by atoms with Crippen molar-refractivity contribution in [1.29, 1.82) is 0 Å². The summed E-state index contributed by atoms with van der Waals surface area (Å²) in [6, 6.07) is 8.48. The number of aromatic hydroxyl groups is 1. The number of ether oxygens (including phenoxy) is 1. The third-order valence-electron chi connectivity index (χ3n) is 3.12. The molecule has 2 N–H and O–H groups in total. The second-order valence-corrected chi connectivity index (χ2v) is 5.63. The first-order chi connectivity index (χ1) is 9.92. The molecule has 0 unspecified atom stereocenters. The van der Waals surface area contributed by atoms with Gasteiger partial charge in [-0.1, -0.05) is 6.07 Å². The van der Waals surface area contributed by atoms with Crippen LogP contribution in [0.4, 0.5) is 5.69 Å². The van der Waals surface area contributed by atoms with Crippen molar-refractivity contribution in [3.05, 3.63) is 51.5 Å². The molecule has 0 saturated heterocycles. The quantitative estimate of drug-likeness (QED) is 0.879. The van der Waals surface area contributed by atoms with Crippen LogP contribution in [0.15, 0.2) is 34.8 Å². The van der Waals surface area contributed by atoms with Crippen LogP contribution >= 0.6 is 15.9 Å².